The Morgan fingerprint density at radius 2 is 2.00 bits per heavy atom. The third-order valence-corrected chi connectivity index (χ3v) is 1.97. The summed E-state index contributed by atoms with van der Waals surface area (Å²) in [4.78, 5) is 14.8. The Morgan fingerprint density at radius 3 is 2.62 bits per heavy atom. The molecule has 0 fully saturated rings. The maximum Gasteiger partial charge on any atom is 0.416 e. The number of fused-ring (bicyclic) bond motifs is 1. The third kappa shape index (κ3) is 1.71. The largest absolute Gasteiger partial charge is 0.416 e. The molecule has 16 heavy (non-hydrogen) atoms. The number of nitrogens with two attached hydrogens (primary N) is 1. The number of nitrogen functional groups attached to an aromatic ring is 1. The number of anilines is 1. The van der Waals surface area contributed by atoms with Crippen LogP contribution in [0.25, 0.3) is 10.9 Å². The lowest BCUT2D eigenvalue weighted by Gasteiger charge is -2.06. The highest BCUT2D eigenvalue weighted by atomic mass is 19.4. The van der Waals surface area contributed by atoms with Crippen molar-refractivity contribution in [1.82, 2.24) is 4.98 Å². The first-order chi connectivity index (χ1) is 7.38. The van der Waals surface area contributed by atoms with E-state index in [1.165, 1.54) is 0 Å². The summed E-state index contributed by atoms with van der Waals surface area (Å²) in [6, 6.07) is 2.21. The molecule has 0 unspecified atom stereocenters. The fraction of sp³-hybridized carbons (Fsp3) is 0.111. The van der Waals surface area contributed by atoms with Crippen LogP contribution in [0.3, 0.4) is 0 Å². The van der Waals surface area contributed by atoms with E-state index in [0.717, 1.165) is 12.1 Å². The number of aromatic nitrogens is 1. The summed E-state index contributed by atoms with van der Waals surface area (Å²) in [5.74, 6) is 0. The molecule has 0 saturated heterocycles. The number of rotatable bonds is 0. The number of benzene rings is 1. The fourth-order valence-corrected chi connectivity index (χ4v) is 1.26. The van der Waals surface area contributed by atoms with Crippen LogP contribution in [-0.2, 0) is 6.18 Å². The van der Waals surface area contributed by atoms with Gasteiger partial charge >= 0.3 is 11.8 Å². The van der Waals surface area contributed by atoms with Crippen LogP contribution in [0.1, 0.15) is 5.56 Å². The van der Waals surface area contributed by atoms with E-state index < -0.39 is 17.4 Å². The van der Waals surface area contributed by atoms with Crippen LogP contribution < -0.4 is 11.4 Å². The molecule has 0 bridgehead atoms. The predicted molar refractivity (Wildman–Crippen MR) is 49.7 cm³/mol. The number of hydrogen-bond donors (Lipinski definition) is 1. The lowest BCUT2D eigenvalue weighted by molar-refractivity contribution is -0.137. The molecule has 2 aromatic rings. The summed E-state index contributed by atoms with van der Waals surface area (Å²) >= 11 is 0. The zero-order chi connectivity index (χ0) is 11.9. The third-order valence-electron chi connectivity index (χ3n) is 1.97. The van der Waals surface area contributed by atoms with Gasteiger partial charge in [-0.05, 0) is 18.2 Å². The molecule has 0 aliphatic carbocycles. The normalized spacial score (nSPS) is 11.9. The van der Waals surface area contributed by atoms with Crippen molar-refractivity contribution in [2.45, 2.75) is 6.18 Å². The number of alkyl halides is 3. The Bertz CT molecular complexity index is 604. The van der Waals surface area contributed by atoms with Crippen molar-refractivity contribution >= 4 is 16.9 Å². The van der Waals surface area contributed by atoms with Gasteiger partial charge in [0.1, 0.15) is 0 Å². The molecule has 0 aliphatic rings. The van der Waals surface area contributed by atoms with E-state index in [2.05, 4.69) is 9.40 Å². The summed E-state index contributed by atoms with van der Waals surface area (Å²) in [6.07, 6.45) is -4.51. The van der Waals surface area contributed by atoms with Crippen molar-refractivity contribution in [2.24, 2.45) is 0 Å². The van der Waals surface area contributed by atoms with Crippen LogP contribution in [0.2, 0.25) is 0 Å². The summed E-state index contributed by atoms with van der Waals surface area (Å²) in [5, 5.41) is -0.246. The van der Waals surface area contributed by atoms with Gasteiger partial charge in [-0.1, -0.05) is 0 Å². The average molecular weight is 230 g/mol. The van der Waals surface area contributed by atoms with Crippen molar-refractivity contribution in [2.75, 3.05) is 5.73 Å². The molecule has 2 N–H and O–H groups in total. The second-order valence-electron chi connectivity index (χ2n) is 3.07. The first kappa shape index (κ1) is 10.5. The van der Waals surface area contributed by atoms with Crippen molar-refractivity contribution < 1.29 is 17.6 Å². The summed E-state index contributed by atoms with van der Waals surface area (Å²) in [7, 11) is 0. The molecule has 84 valence electrons. The van der Waals surface area contributed by atoms with E-state index in [1.54, 1.807) is 0 Å². The SMILES string of the molecule is Nc1nc2ccc(C(F)(F)F)cc2c(=O)o1. The zero-order valence-corrected chi connectivity index (χ0v) is 7.71. The van der Waals surface area contributed by atoms with Gasteiger partial charge in [0.2, 0.25) is 0 Å². The van der Waals surface area contributed by atoms with Crippen LogP contribution in [0.15, 0.2) is 27.4 Å². The average Bonchev–Trinajstić information content (AvgIpc) is 2.15. The Labute approximate surface area is 86.5 Å². The molecular weight excluding hydrogens is 225 g/mol. The molecule has 0 saturated carbocycles. The topological polar surface area (TPSA) is 69.1 Å². The molecule has 0 spiro atoms. The van der Waals surface area contributed by atoms with Crippen LogP contribution in [0, 0.1) is 0 Å². The van der Waals surface area contributed by atoms with Crippen LogP contribution in [-0.4, -0.2) is 4.98 Å². The highest BCUT2D eigenvalue weighted by molar-refractivity contribution is 5.78. The molecule has 0 amide bonds. The Kier molecular flexibility index (Phi) is 2.11. The smallest absolute Gasteiger partial charge is 0.389 e. The van der Waals surface area contributed by atoms with Crippen LogP contribution >= 0.6 is 0 Å². The first-order valence-corrected chi connectivity index (χ1v) is 4.15. The molecule has 2 rings (SSSR count). The van der Waals surface area contributed by atoms with Crippen molar-refractivity contribution in [3.05, 3.63) is 34.2 Å². The summed E-state index contributed by atoms with van der Waals surface area (Å²) in [6.45, 7) is 0. The Balaban J connectivity index is 2.77. The van der Waals surface area contributed by atoms with E-state index in [9.17, 15) is 18.0 Å². The van der Waals surface area contributed by atoms with E-state index in [1.807, 2.05) is 0 Å². The minimum atomic E-state index is -4.51. The number of halogens is 3. The zero-order valence-electron chi connectivity index (χ0n) is 7.71. The predicted octanol–water partition coefficient (Wildman–Crippen LogP) is 1.79. The number of hydrogen-bond acceptors (Lipinski definition) is 4. The lowest BCUT2D eigenvalue weighted by atomic mass is 10.1. The molecular formula is C9H5F3N2O2. The lowest BCUT2D eigenvalue weighted by Crippen LogP contribution is -2.09. The van der Waals surface area contributed by atoms with Gasteiger partial charge in [0.15, 0.2) is 0 Å². The van der Waals surface area contributed by atoms with E-state index in [-0.39, 0.29) is 16.9 Å². The van der Waals surface area contributed by atoms with Gasteiger partial charge in [-0.3, -0.25) is 0 Å². The molecule has 0 radical (unpaired) electrons. The maximum absolute atomic E-state index is 12.3. The molecule has 4 nitrogen and oxygen atoms in total. The minimum absolute atomic E-state index is 0.0711. The van der Waals surface area contributed by atoms with Crippen LogP contribution in [0.4, 0.5) is 19.2 Å². The Morgan fingerprint density at radius 1 is 1.31 bits per heavy atom. The van der Waals surface area contributed by atoms with Gasteiger partial charge in [0.25, 0.3) is 6.01 Å². The molecule has 7 heteroatoms. The summed E-state index contributed by atoms with van der Waals surface area (Å²) < 4.78 is 41.4. The molecule has 1 aromatic heterocycles. The Hall–Kier alpha value is -2.05. The molecule has 1 heterocycles. The highest BCUT2D eigenvalue weighted by Gasteiger charge is 2.30. The second kappa shape index (κ2) is 3.22. The van der Waals surface area contributed by atoms with Crippen molar-refractivity contribution in [3.8, 4) is 0 Å². The van der Waals surface area contributed by atoms with Gasteiger partial charge in [0, 0.05) is 0 Å². The van der Waals surface area contributed by atoms with E-state index in [4.69, 9.17) is 5.73 Å². The monoisotopic (exact) mass is 230 g/mol. The second-order valence-corrected chi connectivity index (χ2v) is 3.07. The van der Waals surface area contributed by atoms with E-state index >= 15 is 0 Å². The molecule has 0 atom stereocenters. The number of nitrogens with zero attached hydrogens (tertiary/aromatic N) is 1. The maximum atomic E-state index is 12.3. The van der Waals surface area contributed by atoms with Gasteiger partial charge in [-0.15, -0.1) is 0 Å². The molecule has 1 aromatic carbocycles. The van der Waals surface area contributed by atoms with Gasteiger partial charge < -0.3 is 10.2 Å². The molecule has 0 aliphatic heterocycles. The fourth-order valence-electron chi connectivity index (χ4n) is 1.26. The van der Waals surface area contributed by atoms with Gasteiger partial charge in [-0.2, -0.15) is 18.2 Å². The minimum Gasteiger partial charge on any atom is -0.389 e. The first-order valence-electron chi connectivity index (χ1n) is 4.15. The van der Waals surface area contributed by atoms with Crippen molar-refractivity contribution in [1.29, 1.82) is 0 Å². The van der Waals surface area contributed by atoms with Gasteiger partial charge in [-0.25, -0.2) is 4.79 Å². The highest BCUT2D eigenvalue weighted by Crippen LogP contribution is 2.30. The van der Waals surface area contributed by atoms with Gasteiger partial charge in [0.05, 0.1) is 16.5 Å². The van der Waals surface area contributed by atoms with Crippen LogP contribution in [0.5, 0.6) is 0 Å². The quantitative estimate of drug-likeness (QED) is 0.749. The standard InChI is InChI=1S/C9H5F3N2O2/c10-9(11,12)4-1-2-6-5(3-4)7(15)16-8(13)14-6/h1-3H,(H2,13,14). The van der Waals surface area contributed by atoms with Crippen molar-refractivity contribution in [3.63, 3.8) is 0 Å². The summed E-state index contributed by atoms with van der Waals surface area (Å²) in [5.41, 5.74) is 3.35. The van der Waals surface area contributed by atoms with E-state index in [0.29, 0.717) is 6.07 Å².